The van der Waals surface area contributed by atoms with Gasteiger partial charge in [0.25, 0.3) is 0 Å². The summed E-state index contributed by atoms with van der Waals surface area (Å²) in [7, 11) is 4.29. The standard InChI is InChI=1S/C28H27NO6/c1-32-17-20-14-21-22(15-24(30)33-2)28(27(31)34-3)16-23(18-10-6-4-7-11-18)29(26(28)25(21)35-20)19-12-8-5-9-13-19/h4-15,23,26H,16-17H2,1-3H3/b22-15+/t23-,26+,28+/m1/s1. The smallest absolute Gasteiger partial charge is 0.330 e. The molecule has 0 amide bonds. The Morgan fingerprint density at radius 1 is 1.03 bits per heavy atom. The van der Waals surface area contributed by atoms with Crippen LogP contribution in [0.15, 0.2) is 77.2 Å². The maximum absolute atomic E-state index is 13.7. The molecule has 3 atom stereocenters. The fourth-order valence-corrected chi connectivity index (χ4v) is 5.62. The highest BCUT2D eigenvalue weighted by atomic mass is 16.5. The van der Waals surface area contributed by atoms with Crippen LogP contribution in [-0.2, 0) is 30.4 Å². The molecule has 35 heavy (non-hydrogen) atoms. The van der Waals surface area contributed by atoms with E-state index in [1.54, 1.807) is 7.11 Å². The molecule has 2 aliphatic rings. The molecule has 0 saturated carbocycles. The molecule has 1 saturated heterocycles. The number of para-hydroxylation sites is 1. The van der Waals surface area contributed by atoms with Crippen LogP contribution in [0, 0.1) is 5.41 Å². The molecule has 5 rings (SSSR count). The van der Waals surface area contributed by atoms with E-state index in [0.717, 1.165) is 11.3 Å². The number of carbonyl (C=O) groups excluding carboxylic acids is 2. The molecule has 7 nitrogen and oxygen atoms in total. The normalized spacial score (nSPS) is 23.7. The summed E-state index contributed by atoms with van der Waals surface area (Å²) in [6.45, 7) is 0.268. The van der Waals surface area contributed by atoms with Crippen molar-refractivity contribution < 1.29 is 28.2 Å². The zero-order valence-electron chi connectivity index (χ0n) is 19.9. The van der Waals surface area contributed by atoms with Crippen molar-refractivity contribution >= 4 is 23.2 Å². The zero-order chi connectivity index (χ0) is 24.6. The number of hydrogen-bond acceptors (Lipinski definition) is 7. The second kappa shape index (κ2) is 9.07. The van der Waals surface area contributed by atoms with Crippen LogP contribution >= 0.6 is 0 Å². The molecule has 3 aromatic rings. The molecule has 1 aromatic heterocycles. The molecule has 1 fully saturated rings. The van der Waals surface area contributed by atoms with Crippen LogP contribution < -0.4 is 4.90 Å². The third-order valence-corrected chi connectivity index (χ3v) is 6.97. The number of furan rings is 1. The van der Waals surface area contributed by atoms with E-state index in [1.165, 1.54) is 20.3 Å². The van der Waals surface area contributed by atoms with E-state index in [4.69, 9.17) is 18.6 Å². The van der Waals surface area contributed by atoms with Gasteiger partial charge >= 0.3 is 11.9 Å². The first-order valence-electron chi connectivity index (χ1n) is 11.4. The van der Waals surface area contributed by atoms with Gasteiger partial charge in [0.15, 0.2) is 0 Å². The van der Waals surface area contributed by atoms with E-state index in [1.807, 2.05) is 54.6 Å². The second-order valence-corrected chi connectivity index (χ2v) is 8.74. The fraction of sp³-hybridized carbons (Fsp3) is 0.286. The SMILES string of the molecule is COCc1cc2c(o1)[C@@H]1N(c3ccccc3)[C@@H](c3ccccc3)C[C@]1(C(=O)OC)/C2=C/C(=O)OC. The first kappa shape index (κ1) is 22.9. The number of fused-ring (bicyclic) bond motifs is 3. The summed E-state index contributed by atoms with van der Waals surface area (Å²) in [5, 5.41) is 0. The van der Waals surface area contributed by atoms with Crippen molar-refractivity contribution in [1.29, 1.82) is 0 Å². The van der Waals surface area contributed by atoms with Gasteiger partial charge in [0.2, 0.25) is 0 Å². The molecule has 1 aliphatic carbocycles. The van der Waals surface area contributed by atoms with Crippen LogP contribution in [0.3, 0.4) is 0 Å². The Morgan fingerprint density at radius 2 is 1.71 bits per heavy atom. The van der Waals surface area contributed by atoms with Gasteiger partial charge in [0.1, 0.15) is 29.6 Å². The number of rotatable bonds is 6. The van der Waals surface area contributed by atoms with Crippen LogP contribution in [0.25, 0.3) is 5.57 Å². The predicted octanol–water partition coefficient (Wildman–Crippen LogP) is 4.85. The van der Waals surface area contributed by atoms with Gasteiger partial charge < -0.3 is 23.5 Å². The lowest BCUT2D eigenvalue weighted by Gasteiger charge is -2.33. The van der Waals surface area contributed by atoms with Gasteiger partial charge in [0.05, 0.1) is 20.3 Å². The van der Waals surface area contributed by atoms with E-state index in [-0.39, 0.29) is 12.6 Å². The fourth-order valence-electron chi connectivity index (χ4n) is 5.62. The number of nitrogens with zero attached hydrogens (tertiary/aromatic N) is 1. The summed E-state index contributed by atoms with van der Waals surface area (Å²) < 4.78 is 22.0. The van der Waals surface area contributed by atoms with E-state index < -0.39 is 23.4 Å². The Bertz CT molecular complexity index is 1270. The molecular formula is C28H27NO6. The van der Waals surface area contributed by atoms with Gasteiger partial charge in [-0.2, -0.15) is 0 Å². The van der Waals surface area contributed by atoms with Gasteiger partial charge in [-0.3, -0.25) is 4.79 Å². The molecule has 0 radical (unpaired) electrons. The second-order valence-electron chi connectivity index (χ2n) is 8.74. The van der Waals surface area contributed by atoms with Crippen LogP contribution in [0.2, 0.25) is 0 Å². The predicted molar refractivity (Wildman–Crippen MR) is 129 cm³/mol. The number of carbonyl (C=O) groups is 2. The molecule has 0 N–H and O–H groups in total. The van der Waals surface area contributed by atoms with Crippen LogP contribution in [0.1, 0.15) is 41.2 Å². The van der Waals surface area contributed by atoms with Crippen LogP contribution in [0.5, 0.6) is 0 Å². The molecular weight excluding hydrogens is 446 g/mol. The Hall–Kier alpha value is -3.84. The number of methoxy groups -OCH3 is 3. The lowest BCUT2D eigenvalue weighted by atomic mass is 9.75. The summed E-state index contributed by atoms with van der Waals surface area (Å²) >= 11 is 0. The maximum atomic E-state index is 13.7. The van der Waals surface area contributed by atoms with Crippen molar-refractivity contribution in [3.63, 3.8) is 0 Å². The largest absolute Gasteiger partial charge is 0.468 e. The van der Waals surface area contributed by atoms with Crippen molar-refractivity contribution in [2.24, 2.45) is 5.41 Å². The van der Waals surface area contributed by atoms with Crippen LogP contribution in [-0.4, -0.2) is 33.3 Å². The Labute approximate surface area is 203 Å². The third kappa shape index (κ3) is 3.54. The minimum Gasteiger partial charge on any atom is -0.468 e. The number of anilines is 1. The van der Waals surface area contributed by atoms with E-state index in [9.17, 15) is 9.59 Å². The van der Waals surface area contributed by atoms with Gasteiger partial charge in [-0.15, -0.1) is 0 Å². The van der Waals surface area contributed by atoms with Gasteiger partial charge in [-0.1, -0.05) is 48.5 Å². The minimum atomic E-state index is -1.17. The molecule has 7 heteroatoms. The van der Waals surface area contributed by atoms with Crippen molar-refractivity contribution in [1.82, 2.24) is 0 Å². The average molecular weight is 474 g/mol. The van der Waals surface area contributed by atoms with Crippen molar-refractivity contribution in [2.45, 2.75) is 25.1 Å². The summed E-state index contributed by atoms with van der Waals surface area (Å²) in [6.07, 6.45) is 1.80. The summed E-state index contributed by atoms with van der Waals surface area (Å²) in [4.78, 5) is 28.5. The summed E-state index contributed by atoms with van der Waals surface area (Å²) in [5.41, 5.74) is 2.06. The van der Waals surface area contributed by atoms with Gasteiger partial charge in [0, 0.05) is 24.4 Å². The lowest BCUT2D eigenvalue weighted by molar-refractivity contribution is -0.149. The van der Waals surface area contributed by atoms with Crippen molar-refractivity contribution in [3.8, 4) is 0 Å². The van der Waals surface area contributed by atoms with E-state index in [2.05, 4.69) is 17.0 Å². The summed E-state index contributed by atoms with van der Waals surface area (Å²) in [5.74, 6) is 0.262. The first-order valence-corrected chi connectivity index (χ1v) is 11.4. The number of hydrogen-bond donors (Lipinski definition) is 0. The highest BCUT2D eigenvalue weighted by Gasteiger charge is 2.66. The molecule has 0 bridgehead atoms. The van der Waals surface area contributed by atoms with Gasteiger partial charge in [-0.05, 0) is 35.8 Å². The number of ether oxygens (including phenoxy) is 3. The zero-order valence-corrected chi connectivity index (χ0v) is 19.9. The third-order valence-electron chi connectivity index (χ3n) is 6.97. The quantitative estimate of drug-likeness (QED) is 0.374. The molecule has 1 aliphatic heterocycles. The number of esters is 2. The molecule has 0 spiro atoms. The Kier molecular flexibility index (Phi) is 5.94. The summed E-state index contributed by atoms with van der Waals surface area (Å²) in [6, 6.07) is 21.1. The van der Waals surface area contributed by atoms with Crippen LogP contribution in [0.4, 0.5) is 5.69 Å². The highest BCUT2D eigenvalue weighted by Crippen LogP contribution is 2.68. The first-order chi connectivity index (χ1) is 17.0. The molecule has 2 aromatic carbocycles. The topological polar surface area (TPSA) is 78.2 Å². The molecule has 0 unspecified atom stereocenters. The Morgan fingerprint density at radius 3 is 2.34 bits per heavy atom. The van der Waals surface area contributed by atoms with E-state index in [0.29, 0.717) is 29.1 Å². The maximum Gasteiger partial charge on any atom is 0.330 e. The van der Waals surface area contributed by atoms with Crippen molar-refractivity contribution in [2.75, 3.05) is 26.2 Å². The lowest BCUT2D eigenvalue weighted by Crippen LogP contribution is -2.36. The van der Waals surface area contributed by atoms with Gasteiger partial charge in [-0.25, -0.2) is 4.79 Å². The molecule has 180 valence electrons. The van der Waals surface area contributed by atoms with Crippen molar-refractivity contribution in [3.05, 3.63) is 95.5 Å². The minimum absolute atomic E-state index is 0.173. The highest BCUT2D eigenvalue weighted by molar-refractivity contribution is 6.05. The Balaban J connectivity index is 1.80. The molecule has 2 heterocycles. The monoisotopic (exact) mass is 473 g/mol. The average Bonchev–Trinajstić information content (AvgIpc) is 3.53. The van der Waals surface area contributed by atoms with E-state index >= 15 is 0 Å². The number of benzene rings is 2.